The number of nitrogens with two attached hydrogens (primary N) is 2. The van der Waals surface area contributed by atoms with Gasteiger partial charge in [-0.2, -0.15) is 0 Å². The molecule has 1 aromatic rings. The third-order valence-electron chi connectivity index (χ3n) is 3.83. The van der Waals surface area contributed by atoms with Gasteiger partial charge in [0.2, 0.25) is 5.91 Å². The zero-order chi connectivity index (χ0) is 20.0. The summed E-state index contributed by atoms with van der Waals surface area (Å²) in [5.41, 5.74) is 3.92. The van der Waals surface area contributed by atoms with Gasteiger partial charge in [0.15, 0.2) is 11.9 Å². The van der Waals surface area contributed by atoms with Crippen molar-refractivity contribution in [3.63, 3.8) is 0 Å². The maximum Gasteiger partial charge on any atom is 0.221 e. The smallest absolute Gasteiger partial charge is 0.221 e. The van der Waals surface area contributed by atoms with E-state index in [1.807, 2.05) is 19.9 Å². The maximum absolute atomic E-state index is 11.5. The van der Waals surface area contributed by atoms with Crippen LogP contribution in [0.5, 0.6) is 11.5 Å². The number of nitrogens with zero attached hydrogens (tertiary/aromatic N) is 2. The summed E-state index contributed by atoms with van der Waals surface area (Å²) >= 11 is 0. The first-order chi connectivity index (χ1) is 12.9. The molecule has 0 aliphatic carbocycles. The van der Waals surface area contributed by atoms with Crippen LogP contribution in [0.25, 0.3) is 0 Å². The Balaban J connectivity index is 2.43. The van der Waals surface area contributed by atoms with Gasteiger partial charge in [0, 0.05) is 24.8 Å². The van der Waals surface area contributed by atoms with E-state index >= 15 is 0 Å². The van der Waals surface area contributed by atoms with Crippen LogP contribution >= 0.6 is 0 Å². The minimum absolute atomic E-state index is 0.137. The van der Waals surface area contributed by atoms with Crippen LogP contribution in [0.1, 0.15) is 32.3 Å². The van der Waals surface area contributed by atoms with Gasteiger partial charge in [-0.25, -0.2) is 5.43 Å². The molecule has 27 heavy (non-hydrogen) atoms. The molecule has 2 atom stereocenters. The number of benzene rings is 1. The van der Waals surface area contributed by atoms with Crippen molar-refractivity contribution in [1.82, 2.24) is 16.1 Å². The third-order valence-corrected chi connectivity index (χ3v) is 3.83. The third kappa shape index (κ3) is 5.06. The number of methoxy groups -OCH3 is 1. The van der Waals surface area contributed by atoms with Crippen molar-refractivity contribution >= 4 is 11.6 Å². The van der Waals surface area contributed by atoms with Gasteiger partial charge in [0.1, 0.15) is 17.8 Å². The van der Waals surface area contributed by atoms with Gasteiger partial charge >= 0.3 is 0 Å². The van der Waals surface area contributed by atoms with Gasteiger partial charge in [-0.15, -0.1) is 5.11 Å². The van der Waals surface area contributed by atoms with Gasteiger partial charge in [-0.1, -0.05) is 19.1 Å². The van der Waals surface area contributed by atoms with E-state index in [4.69, 9.17) is 21.2 Å². The molecule has 8 N–H and O–H groups in total. The molecule has 0 radical (unpaired) electrons. The second-order valence-corrected chi connectivity index (χ2v) is 6.14. The van der Waals surface area contributed by atoms with Crippen molar-refractivity contribution < 1.29 is 14.3 Å². The lowest BCUT2D eigenvalue weighted by atomic mass is 10.0. The normalized spacial score (nSPS) is 19.6. The van der Waals surface area contributed by atoms with Crippen LogP contribution in [-0.4, -0.2) is 25.5 Å². The quantitative estimate of drug-likeness (QED) is 0.228. The molecule has 1 heterocycles. The Kier molecular flexibility index (Phi) is 6.93. The molecule has 11 heteroatoms. The van der Waals surface area contributed by atoms with Crippen molar-refractivity contribution in [1.29, 1.82) is 0 Å². The van der Waals surface area contributed by atoms with Gasteiger partial charge < -0.3 is 25.9 Å². The molecule has 1 aliphatic heterocycles. The molecule has 2 unspecified atom stereocenters. The van der Waals surface area contributed by atoms with Crippen molar-refractivity contribution in [3.8, 4) is 11.5 Å². The van der Waals surface area contributed by atoms with Crippen LogP contribution in [0.15, 0.2) is 34.4 Å². The van der Waals surface area contributed by atoms with Crippen molar-refractivity contribution in [2.75, 3.05) is 12.4 Å². The first-order valence-corrected chi connectivity index (χ1v) is 8.35. The van der Waals surface area contributed by atoms with E-state index in [0.29, 0.717) is 22.9 Å². The average Bonchev–Trinajstić information content (AvgIpc) is 2.62. The molecule has 0 fully saturated rings. The summed E-state index contributed by atoms with van der Waals surface area (Å²) in [4.78, 5) is 11.5. The van der Waals surface area contributed by atoms with Crippen LogP contribution in [0, 0.1) is 0 Å². The predicted octanol–water partition coefficient (Wildman–Crippen LogP) is 0.589. The van der Waals surface area contributed by atoms with Gasteiger partial charge in [0.05, 0.1) is 12.8 Å². The standard InChI is InChI=1S/C16H26N8O3/c1-8(2)10-5-13(26-4)11(20-9(3)25)6-12(10)27-14-7-19-16(22-17)21-15(14)23-24-18/h5-8,15-16,19,21-22H,17H2,1-4H3,(H2,18,23)(H,20,25). The molecule has 0 aromatic heterocycles. The van der Waals surface area contributed by atoms with Crippen molar-refractivity contribution in [3.05, 3.63) is 29.7 Å². The average molecular weight is 378 g/mol. The fourth-order valence-corrected chi connectivity index (χ4v) is 2.57. The highest BCUT2D eigenvalue weighted by molar-refractivity contribution is 5.91. The fourth-order valence-electron chi connectivity index (χ4n) is 2.57. The summed E-state index contributed by atoms with van der Waals surface area (Å²) in [6.07, 6.45) is 0.541. The van der Waals surface area contributed by atoms with E-state index in [1.165, 1.54) is 6.92 Å². The summed E-state index contributed by atoms with van der Waals surface area (Å²) < 4.78 is 11.5. The van der Waals surface area contributed by atoms with E-state index < -0.39 is 12.5 Å². The number of carbonyl (C=O) groups excluding carboxylic acids is 1. The molecule has 0 saturated heterocycles. The Morgan fingerprint density at radius 1 is 1.33 bits per heavy atom. The molecule has 1 amide bonds. The molecule has 11 nitrogen and oxygen atoms in total. The second kappa shape index (κ2) is 9.16. The van der Waals surface area contributed by atoms with Crippen LogP contribution in [0.4, 0.5) is 5.69 Å². The summed E-state index contributed by atoms with van der Waals surface area (Å²) in [5.74, 6) is 12.0. The molecule has 0 spiro atoms. The minimum atomic E-state index is -0.649. The Labute approximate surface area is 157 Å². The summed E-state index contributed by atoms with van der Waals surface area (Å²) in [6, 6.07) is 3.54. The van der Waals surface area contributed by atoms with Crippen LogP contribution in [-0.2, 0) is 4.79 Å². The Hall–Kier alpha value is -2.89. The van der Waals surface area contributed by atoms with Crippen LogP contribution in [0.2, 0.25) is 0 Å². The minimum Gasteiger partial charge on any atom is -0.495 e. The van der Waals surface area contributed by atoms with Crippen molar-refractivity contribution in [2.45, 2.75) is 39.1 Å². The summed E-state index contributed by atoms with van der Waals surface area (Å²) in [5, 5.41) is 16.0. The highest BCUT2D eigenvalue weighted by Gasteiger charge is 2.26. The predicted molar refractivity (Wildman–Crippen MR) is 100 cm³/mol. The number of carbonyl (C=O) groups is 1. The SMILES string of the molecule is COc1cc(C(C)C)c(OC2=CNC(NN)NC2N=NN)cc1NC(C)=O. The van der Waals surface area contributed by atoms with E-state index in [9.17, 15) is 4.79 Å². The van der Waals surface area contributed by atoms with Crippen molar-refractivity contribution in [2.24, 2.45) is 22.0 Å². The number of hydrogen-bond donors (Lipinski definition) is 6. The largest absolute Gasteiger partial charge is 0.495 e. The van der Waals surface area contributed by atoms with Gasteiger partial charge in [-0.05, 0) is 12.0 Å². The first-order valence-electron chi connectivity index (χ1n) is 8.35. The Morgan fingerprint density at radius 2 is 2.07 bits per heavy atom. The van der Waals surface area contributed by atoms with Gasteiger partial charge in [-0.3, -0.25) is 16.0 Å². The highest BCUT2D eigenvalue weighted by Crippen LogP contribution is 2.38. The molecule has 148 valence electrons. The molecule has 1 aromatic carbocycles. The Bertz CT molecular complexity index is 735. The van der Waals surface area contributed by atoms with E-state index in [-0.39, 0.29) is 11.8 Å². The van der Waals surface area contributed by atoms with Crippen LogP contribution in [0.3, 0.4) is 0 Å². The Morgan fingerprint density at radius 3 is 2.63 bits per heavy atom. The number of nitrogens with one attached hydrogen (secondary N) is 4. The lowest BCUT2D eigenvalue weighted by Crippen LogP contribution is -2.60. The maximum atomic E-state index is 11.5. The second-order valence-electron chi connectivity index (χ2n) is 6.14. The number of hydrazine groups is 1. The van der Waals surface area contributed by atoms with E-state index in [1.54, 1.807) is 19.4 Å². The lowest BCUT2D eigenvalue weighted by molar-refractivity contribution is -0.114. The monoisotopic (exact) mass is 378 g/mol. The zero-order valence-electron chi connectivity index (χ0n) is 15.7. The number of anilines is 1. The van der Waals surface area contributed by atoms with Crippen LogP contribution < -0.4 is 42.5 Å². The van der Waals surface area contributed by atoms with E-state index in [2.05, 4.69) is 31.7 Å². The number of rotatable bonds is 7. The molecule has 0 bridgehead atoms. The summed E-state index contributed by atoms with van der Waals surface area (Å²) in [6.45, 7) is 5.47. The van der Waals surface area contributed by atoms with E-state index in [0.717, 1.165) is 5.56 Å². The number of amides is 1. The number of ether oxygens (including phenoxy) is 2. The highest BCUT2D eigenvalue weighted by atomic mass is 16.5. The summed E-state index contributed by atoms with van der Waals surface area (Å²) in [7, 11) is 1.54. The first kappa shape index (κ1) is 20.4. The molecular formula is C16H26N8O3. The fraction of sp³-hybridized carbons (Fsp3) is 0.438. The number of hydrogen-bond acceptors (Lipinski definition) is 9. The molecule has 0 saturated carbocycles. The molecule has 1 aliphatic rings. The lowest BCUT2D eigenvalue weighted by Gasteiger charge is -2.29. The molecular weight excluding hydrogens is 352 g/mol. The molecule has 2 rings (SSSR count). The van der Waals surface area contributed by atoms with Gasteiger partial charge in [0.25, 0.3) is 0 Å². The topological polar surface area (TPSA) is 160 Å². The zero-order valence-corrected chi connectivity index (χ0v) is 15.7.